The number of aromatic amines is 1. The minimum Gasteiger partial charge on any atom is -0.352 e. The van der Waals surface area contributed by atoms with Gasteiger partial charge < -0.3 is 5.32 Å². The number of unbranched alkanes of at least 4 members (excludes halogenated alkanes) is 3. The Balaban J connectivity index is 1.45. The van der Waals surface area contributed by atoms with Crippen LogP contribution in [0, 0.1) is 0 Å². The minimum atomic E-state index is -0.00212. The summed E-state index contributed by atoms with van der Waals surface area (Å²) in [5, 5.41) is 10.7. The quantitative estimate of drug-likeness (QED) is 0.458. The van der Waals surface area contributed by atoms with E-state index >= 15 is 0 Å². The van der Waals surface area contributed by atoms with Crippen molar-refractivity contribution in [1.29, 1.82) is 0 Å². The Morgan fingerprint density at radius 2 is 1.89 bits per heavy atom. The molecule has 4 heteroatoms. The van der Waals surface area contributed by atoms with Crippen molar-refractivity contribution in [1.82, 2.24) is 15.5 Å². The van der Waals surface area contributed by atoms with Crippen molar-refractivity contribution in [3.05, 3.63) is 65.2 Å². The summed E-state index contributed by atoms with van der Waals surface area (Å²) in [7, 11) is 0. The normalized spacial score (nSPS) is 11.9. The predicted octanol–water partition coefficient (Wildman–Crippen LogP) is 4.96. The van der Waals surface area contributed by atoms with E-state index in [1.165, 1.54) is 36.0 Å². The number of nitrogens with zero attached hydrogens (tertiary/aromatic N) is 1. The average molecular weight is 359 g/mol. The summed E-state index contributed by atoms with van der Waals surface area (Å²) >= 11 is 0. The fourth-order valence-electron chi connectivity index (χ4n) is 3.74. The fourth-order valence-corrected chi connectivity index (χ4v) is 3.74. The molecule has 0 bridgehead atoms. The van der Waals surface area contributed by atoms with Crippen LogP contribution in [0.1, 0.15) is 54.1 Å². The van der Waals surface area contributed by atoms with E-state index in [2.05, 4.69) is 46.7 Å². The lowest BCUT2D eigenvalue weighted by Gasteiger charge is -2.06. The number of rotatable bonds is 7. The number of hydrogen-bond acceptors (Lipinski definition) is 2. The van der Waals surface area contributed by atoms with Gasteiger partial charge in [-0.15, -0.1) is 0 Å². The summed E-state index contributed by atoms with van der Waals surface area (Å²) < 4.78 is 0. The Kier molecular flexibility index (Phi) is 5.05. The fraction of sp³-hybridized carbons (Fsp3) is 0.304. The minimum absolute atomic E-state index is 0.00212. The maximum Gasteiger partial charge on any atom is 0.251 e. The van der Waals surface area contributed by atoms with Gasteiger partial charge in [-0.25, -0.2) is 0 Å². The second-order valence-electron chi connectivity index (χ2n) is 7.15. The van der Waals surface area contributed by atoms with E-state index in [0.29, 0.717) is 5.56 Å². The molecule has 3 aromatic rings. The molecule has 1 amide bonds. The number of aromatic nitrogens is 2. The van der Waals surface area contributed by atoms with Crippen LogP contribution in [0.15, 0.2) is 48.5 Å². The lowest BCUT2D eigenvalue weighted by atomic mass is 10.0. The number of nitrogens with one attached hydrogen (secondary N) is 2. The van der Waals surface area contributed by atoms with E-state index in [1.54, 1.807) is 0 Å². The number of hydrogen-bond donors (Lipinski definition) is 2. The summed E-state index contributed by atoms with van der Waals surface area (Å²) in [5.74, 6) is -0.00212. The summed E-state index contributed by atoms with van der Waals surface area (Å²) in [4.78, 5) is 12.3. The van der Waals surface area contributed by atoms with Crippen LogP contribution in [-0.4, -0.2) is 22.6 Å². The van der Waals surface area contributed by atoms with Gasteiger partial charge in [0.05, 0.1) is 11.4 Å². The van der Waals surface area contributed by atoms with Crippen LogP contribution in [0.25, 0.3) is 22.5 Å². The molecule has 0 fully saturated rings. The number of carbonyl (C=O) groups is 1. The summed E-state index contributed by atoms with van der Waals surface area (Å²) in [6.45, 7) is 2.93. The van der Waals surface area contributed by atoms with Gasteiger partial charge in [-0.1, -0.05) is 62.6 Å². The van der Waals surface area contributed by atoms with E-state index in [0.717, 1.165) is 36.3 Å². The van der Waals surface area contributed by atoms with Crippen LogP contribution < -0.4 is 5.32 Å². The van der Waals surface area contributed by atoms with Gasteiger partial charge >= 0.3 is 0 Å². The topological polar surface area (TPSA) is 57.8 Å². The molecule has 0 radical (unpaired) electrons. The zero-order valence-corrected chi connectivity index (χ0v) is 15.7. The Morgan fingerprint density at radius 3 is 2.70 bits per heavy atom. The van der Waals surface area contributed by atoms with Crippen molar-refractivity contribution >= 4 is 5.91 Å². The van der Waals surface area contributed by atoms with Crippen molar-refractivity contribution in [2.75, 3.05) is 6.54 Å². The zero-order chi connectivity index (χ0) is 18.6. The summed E-state index contributed by atoms with van der Waals surface area (Å²) in [6, 6.07) is 16.2. The molecule has 0 spiro atoms. The van der Waals surface area contributed by atoms with Gasteiger partial charge in [0.2, 0.25) is 0 Å². The molecule has 0 aliphatic heterocycles. The van der Waals surface area contributed by atoms with Gasteiger partial charge in [-0.3, -0.25) is 9.89 Å². The van der Waals surface area contributed by atoms with Crippen LogP contribution in [0.4, 0.5) is 0 Å². The molecule has 2 N–H and O–H groups in total. The Morgan fingerprint density at radius 1 is 1.07 bits per heavy atom. The van der Waals surface area contributed by atoms with Crippen molar-refractivity contribution in [3.63, 3.8) is 0 Å². The molecule has 0 atom stereocenters. The largest absolute Gasteiger partial charge is 0.352 e. The van der Waals surface area contributed by atoms with Gasteiger partial charge in [-0.2, -0.15) is 5.10 Å². The standard InChI is InChI=1S/C23H25N3O/c1-2-3-4-7-14-24-23(27)17-12-10-16(11-13-17)21-20-15-18-8-5-6-9-19(18)22(20)26-25-21/h5-6,8-13H,2-4,7,14-15H2,1H3,(H,24,27)(H,25,26). The smallest absolute Gasteiger partial charge is 0.251 e. The maximum atomic E-state index is 12.3. The third-order valence-corrected chi connectivity index (χ3v) is 5.26. The van der Waals surface area contributed by atoms with E-state index < -0.39 is 0 Å². The molecule has 4 rings (SSSR count). The van der Waals surface area contributed by atoms with Crippen LogP contribution in [0.5, 0.6) is 0 Å². The summed E-state index contributed by atoms with van der Waals surface area (Å²) in [5.41, 5.74) is 7.66. The third kappa shape index (κ3) is 3.52. The molecule has 2 aromatic carbocycles. The second-order valence-corrected chi connectivity index (χ2v) is 7.15. The number of benzene rings is 2. The summed E-state index contributed by atoms with van der Waals surface area (Å²) in [6.07, 6.45) is 5.54. The monoisotopic (exact) mass is 359 g/mol. The molecule has 27 heavy (non-hydrogen) atoms. The molecule has 0 saturated heterocycles. The lowest BCUT2D eigenvalue weighted by molar-refractivity contribution is 0.0953. The number of fused-ring (bicyclic) bond motifs is 3. The molecular weight excluding hydrogens is 334 g/mol. The first-order valence-electron chi connectivity index (χ1n) is 9.82. The number of H-pyrrole nitrogens is 1. The van der Waals surface area contributed by atoms with Gasteiger partial charge in [-0.05, 0) is 24.1 Å². The first-order chi connectivity index (χ1) is 13.3. The predicted molar refractivity (Wildman–Crippen MR) is 109 cm³/mol. The Bertz CT molecular complexity index is 941. The van der Waals surface area contributed by atoms with Crippen molar-refractivity contribution in [3.8, 4) is 22.5 Å². The molecule has 4 nitrogen and oxygen atoms in total. The molecule has 1 heterocycles. The first kappa shape index (κ1) is 17.5. The highest BCUT2D eigenvalue weighted by atomic mass is 16.1. The molecular formula is C23H25N3O. The second kappa shape index (κ2) is 7.78. The van der Waals surface area contributed by atoms with E-state index in [1.807, 2.05) is 24.3 Å². The average Bonchev–Trinajstić information content (AvgIpc) is 3.27. The highest BCUT2D eigenvalue weighted by Gasteiger charge is 2.24. The Labute approximate surface area is 160 Å². The highest BCUT2D eigenvalue weighted by molar-refractivity contribution is 5.94. The van der Waals surface area contributed by atoms with Gasteiger partial charge in [0.1, 0.15) is 0 Å². The van der Waals surface area contributed by atoms with Crippen molar-refractivity contribution in [2.24, 2.45) is 0 Å². The first-order valence-corrected chi connectivity index (χ1v) is 9.82. The highest BCUT2D eigenvalue weighted by Crippen LogP contribution is 2.39. The molecule has 138 valence electrons. The van der Waals surface area contributed by atoms with E-state index in [9.17, 15) is 4.79 Å². The number of amides is 1. The molecule has 1 aliphatic carbocycles. The number of carbonyl (C=O) groups excluding carboxylic acids is 1. The van der Waals surface area contributed by atoms with Crippen molar-refractivity contribution in [2.45, 2.75) is 39.0 Å². The SMILES string of the molecule is CCCCCCNC(=O)c1ccc(-c2n[nH]c3c2Cc2ccccc2-3)cc1. The maximum absolute atomic E-state index is 12.3. The van der Waals surface area contributed by atoms with Gasteiger partial charge in [0.15, 0.2) is 0 Å². The van der Waals surface area contributed by atoms with Gasteiger partial charge in [0, 0.05) is 35.2 Å². The van der Waals surface area contributed by atoms with Crippen molar-refractivity contribution < 1.29 is 4.79 Å². The lowest BCUT2D eigenvalue weighted by Crippen LogP contribution is -2.24. The molecule has 0 unspecified atom stereocenters. The van der Waals surface area contributed by atoms with E-state index in [-0.39, 0.29) is 5.91 Å². The molecule has 1 aromatic heterocycles. The van der Waals surface area contributed by atoms with Crippen LogP contribution >= 0.6 is 0 Å². The van der Waals surface area contributed by atoms with Crippen LogP contribution in [0.2, 0.25) is 0 Å². The van der Waals surface area contributed by atoms with Gasteiger partial charge in [0.25, 0.3) is 5.91 Å². The molecule has 1 aliphatic rings. The third-order valence-electron chi connectivity index (χ3n) is 5.26. The van der Waals surface area contributed by atoms with Crippen LogP contribution in [0.3, 0.4) is 0 Å². The Hall–Kier alpha value is -2.88. The molecule has 0 saturated carbocycles. The zero-order valence-electron chi connectivity index (χ0n) is 15.7. The van der Waals surface area contributed by atoms with E-state index in [4.69, 9.17) is 0 Å². The van der Waals surface area contributed by atoms with Crippen LogP contribution in [-0.2, 0) is 6.42 Å².